The lowest BCUT2D eigenvalue weighted by Gasteiger charge is -2.29. The summed E-state index contributed by atoms with van der Waals surface area (Å²) in [4.78, 5) is 25.8. The smallest absolute Gasteiger partial charge is 0.265 e. The number of ether oxygens (including phenoxy) is 1. The van der Waals surface area contributed by atoms with Gasteiger partial charge in [-0.25, -0.2) is 0 Å². The summed E-state index contributed by atoms with van der Waals surface area (Å²) < 4.78 is 5.42. The van der Waals surface area contributed by atoms with Gasteiger partial charge in [0.25, 0.3) is 5.91 Å². The number of carbonyl (C=O) groups is 2. The molecular weight excluding hydrogens is 330 g/mol. The molecule has 1 aromatic rings. The number of amides is 2. The third-order valence-corrected chi connectivity index (χ3v) is 4.51. The van der Waals surface area contributed by atoms with E-state index >= 15 is 0 Å². The minimum atomic E-state index is -0.0446. The second kappa shape index (κ2) is 8.35. The van der Waals surface area contributed by atoms with Crippen LogP contribution in [0.15, 0.2) is 24.3 Å². The number of carbonyl (C=O) groups excluding carboxylic acids is 2. The first-order valence-electron chi connectivity index (χ1n) is 8.20. The van der Waals surface area contributed by atoms with E-state index in [1.54, 1.807) is 4.90 Å². The fourth-order valence-electron chi connectivity index (χ4n) is 3.25. The lowest BCUT2D eigenvalue weighted by molar-refractivity contribution is -0.124. The number of rotatable bonds is 5. The number of nitrogens with two attached hydrogens (primary N) is 1. The lowest BCUT2D eigenvalue weighted by Crippen LogP contribution is -2.40. The van der Waals surface area contributed by atoms with Crippen LogP contribution in [0.4, 0.5) is 5.69 Å². The third kappa shape index (κ3) is 4.19. The molecule has 2 unspecified atom stereocenters. The third-order valence-electron chi connectivity index (χ3n) is 4.51. The van der Waals surface area contributed by atoms with Crippen LogP contribution >= 0.6 is 12.4 Å². The van der Waals surface area contributed by atoms with Crippen molar-refractivity contribution < 1.29 is 14.3 Å². The summed E-state index contributed by atoms with van der Waals surface area (Å²) in [7, 11) is 0. The first kappa shape index (κ1) is 18.5. The number of hydrogen-bond acceptors (Lipinski definition) is 4. The van der Waals surface area contributed by atoms with Crippen LogP contribution in [0.2, 0.25) is 0 Å². The number of para-hydroxylation sites is 2. The highest BCUT2D eigenvalue weighted by Gasteiger charge is 2.28. The summed E-state index contributed by atoms with van der Waals surface area (Å²) in [5.41, 5.74) is 6.64. The molecule has 1 aromatic carbocycles. The minimum Gasteiger partial charge on any atom is -0.482 e. The van der Waals surface area contributed by atoms with E-state index in [1.165, 1.54) is 0 Å². The number of nitrogens with one attached hydrogen (secondary N) is 1. The zero-order chi connectivity index (χ0) is 16.2. The Morgan fingerprint density at radius 1 is 1.33 bits per heavy atom. The van der Waals surface area contributed by atoms with Crippen molar-refractivity contribution in [3.05, 3.63) is 24.3 Å². The summed E-state index contributed by atoms with van der Waals surface area (Å²) in [6.45, 7) is 1.21. The van der Waals surface area contributed by atoms with Crippen LogP contribution < -0.4 is 20.7 Å². The topological polar surface area (TPSA) is 84.7 Å². The van der Waals surface area contributed by atoms with Gasteiger partial charge in [-0.3, -0.25) is 9.59 Å². The van der Waals surface area contributed by atoms with Crippen LogP contribution in [0.3, 0.4) is 0 Å². The molecule has 2 amide bonds. The highest BCUT2D eigenvalue weighted by atomic mass is 35.5. The summed E-state index contributed by atoms with van der Waals surface area (Å²) >= 11 is 0. The maximum atomic E-state index is 12.0. The Balaban J connectivity index is 0.00000208. The minimum absolute atomic E-state index is 0. The predicted molar refractivity (Wildman–Crippen MR) is 94.5 cm³/mol. The molecule has 3 rings (SSSR count). The monoisotopic (exact) mass is 353 g/mol. The molecule has 2 atom stereocenters. The lowest BCUT2D eigenvalue weighted by atomic mass is 10.1. The van der Waals surface area contributed by atoms with Gasteiger partial charge < -0.3 is 20.7 Å². The molecule has 2 aliphatic rings. The van der Waals surface area contributed by atoms with Gasteiger partial charge in [-0.1, -0.05) is 12.1 Å². The van der Waals surface area contributed by atoms with Crippen LogP contribution in [0.25, 0.3) is 0 Å². The average molecular weight is 354 g/mol. The van der Waals surface area contributed by atoms with Crippen molar-refractivity contribution in [2.45, 2.75) is 31.7 Å². The molecule has 1 aliphatic heterocycles. The molecule has 0 spiro atoms. The van der Waals surface area contributed by atoms with E-state index in [0.717, 1.165) is 30.7 Å². The van der Waals surface area contributed by atoms with Crippen molar-refractivity contribution in [3.8, 4) is 5.75 Å². The first-order chi connectivity index (χ1) is 11.1. The molecular formula is C17H24ClN3O3. The van der Waals surface area contributed by atoms with E-state index in [9.17, 15) is 9.59 Å². The molecule has 7 heteroatoms. The SMILES string of the molecule is Cl.NC1CCC(C(=O)NCCCN2C(=O)COc3ccccc32)C1. The first-order valence-corrected chi connectivity index (χ1v) is 8.20. The maximum Gasteiger partial charge on any atom is 0.265 e. The van der Waals surface area contributed by atoms with Crippen molar-refractivity contribution in [1.82, 2.24) is 5.32 Å². The van der Waals surface area contributed by atoms with E-state index in [-0.39, 0.29) is 42.8 Å². The van der Waals surface area contributed by atoms with E-state index in [1.807, 2.05) is 24.3 Å². The second-order valence-corrected chi connectivity index (χ2v) is 6.22. The van der Waals surface area contributed by atoms with Crippen molar-refractivity contribution in [1.29, 1.82) is 0 Å². The van der Waals surface area contributed by atoms with Crippen LogP contribution in [-0.2, 0) is 9.59 Å². The number of nitrogens with zero attached hydrogens (tertiary/aromatic N) is 1. The molecule has 1 fully saturated rings. The Morgan fingerprint density at radius 3 is 2.88 bits per heavy atom. The van der Waals surface area contributed by atoms with Gasteiger partial charge in [0.05, 0.1) is 5.69 Å². The molecule has 132 valence electrons. The standard InChI is InChI=1S/C17H23N3O3.ClH/c18-13-7-6-12(10-13)17(22)19-8-3-9-20-14-4-1-2-5-15(14)23-11-16(20)21;/h1-2,4-5,12-13H,3,6-11,18H2,(H,19,22);1H. The van der Waals surface area contributed by atoms with Gasteiger partial charge >= 0.3 is 0 Å². The van der Waals surface area contributed by atoms with Crippen molar-refractivity contribution in [3.63, 3.8) is 0 Å². The molecule has 24 heavy (non-hydrogen) atoms. The van der Waals surface area contributed by atoms with Crippen LogP contribution in [-0.4, -0.2) is 37.6 Å². The Hall–Kier alpha value is -1.79. The van der Waals surface area contributed by atoms with E-state index in [4.69, 9.17) is 10.5 Å². The Bertz CT molecular complexity index is 596. The average Bonchev–Trinajstić information content (AvgIpc) is 2.99. The largest absolute Gasteiger partial charge is 0.482 e. The molecule has 1 heterocycles. The molecule has 3 N–H and O–H groups in total. The number of fused-ring (bicyclic) bond motifs is 1. The number of halogens is 1. The zero-order valence-electron chi connectivity index (χ0n) is 13.6. The summed E-state index contributed by atoms with van der Waals surface area (Å²) in [5, 5.41) is 2.96. The van der Waals surface area contributed by atoms with Gasteiger partial charge in [0.2, 0.25) is 5.91 Å². The van der Waals surface area contributed by atoms with Gasteiger partial charge in [-0.05, 0) is 37.8 Å². The molecule has 6 nitrogen and oxygen atoms in total. The highest BCUT2D eigenvalue weighted by Crippen LogP contribution is 2.31. The summed E-state index contributed by atoms with van der Waals surface area (Å²) in [5.74, 6) is 0.829. The normalized spacial score (nSPS) is 22.4. The maximum absolute atomic E-state index is 12.0. The van der Waals surface area contributed by atoms with Crippen molar-refractivity contribution in [2.75, 3.05) is 24.6 Å². The predicted octanol–water partition coefficient (Wildman–Crippen LogP) is 1.47. The Labute approximate surface area is 148 Å². The quantitative estimate of drug-likeness (QED) is 0.785. The fraction of sp³-hybridized carbons (Fsp3) is 0.529. The molecule has 1 saturated carbocycles. The van der Waals surface area contributed by atoms with E-state index in [2.05, 4.69) is 5.32 Å². The molecule has 1 aliphatic carbocycles. The molecule has 0 aromatic heterocycles. The van der Waals surface area contributed by atoms with Gasteiger partial charge in [0, 0.05) is 25.0 Å². The Morgan fingerprint density at radius 2 is 2.12 bits per heavy atom. The number of anilines is 1. The molecule has 0 saturated heterocycles. The van der Waals surface area contributed by atoms with Crippen LogP contribution in [0.5, 0.6) is 5.75 Å². The zero-order valence-corrected chi connectivity index (χ0v) is 14.4. The second-order valence-electron chi connectivity index (χ2n) is 6.22. The van der Waals surface area contributed by atoms with Gasteiger partial charge in [0.15, 0.2) is 6.61 Å². The molecule has 0 radical (unpaired) electrons. The van der Waals surface area contributed by atoms with Gasteiger partial charge in [0.1, 0.15) is 5.75 Å². The fourth-order valence-corrected chi connectivity index (χ4v) is 3.25. The molecule has 0 bridgehead atoms. The number of benzene rings is 1. The van der Waals surface area contributed by atoms with E-state index < -0.39 is 0 Å². The number of hydrogen-bond donors (Lipinski definition) is 2. The van der Waals surface area contributed by atoms with Crippen molar-refractivity contribution in [2.24, 2.45) is 11.7 Å². The highest BCUT2D eigenvalue weighted by molar-refractivity contribution is 5.97. The summed E-state index contributed by atoms with van der Waals surface area (Å²) in [6.07, 6.45) is 3.30. The van der Waals surface area contributed by atoms with Crippen molar-refractivity contribution >= 4 is 29.9 Å². The van der Waals surface area contributed by atoms with Gasteiger partial charge in [-0.15, -0.1) is 12.4 Å². The van der Waals surface area contributed by atoms with Crippen LogP contribution in [0, 0.1) is 5.92 Å². The Kier molecular flexibility index (Phi) is 6.45. The summed E-state index contributed by atoms with van der Waals surface area (Å²) in [6, 6.07) is 7.68. The van der Waals surface area contributed by atoms with E-state index in [0.29, 0.717) is 19.5 Å². The van der Waals surface area contributed by atoms with Gasteiger partial charge in [-0.2, -0.15) is 0 Å². The van der Waals surface area contributed by atoms with Crippen LogP contribution in [0.1, 0.15) is 25.7 Å².